The lowest BCUT2D eigenvalue weighted by Gasteiger charge is -1.60. The third-order valence-electron chi connectivity index (χ3n) is 0. The van der Waals surface area contributed by atoms with E-state index in [-0.39, 0.29) is 0 Å². The summed E-state index contributed by atoms with van der Waals surface area (Å²) in [6, 6.07) is 0. The van der Waals surface area contributed by atoms with Crippen LogP contribution in [0.15, 0.2) is 0 Å². The Morgan fingerprint density at radius 2 is 1.43 bits per heavy atom. The molecule has 0 heterocycles. The lowest BCUT2D eigenvalue weighted by molar-refractivity contribution is 0.142. The smallest absolute Gasteiger partial charge is 0.162 e. The Balaban J connectivity index is 0. The summed E-state index contributed by atoms with van der Waals surface area (Å²) in [6.07, 6.45) is 1.00. The summed E-state index contributed by atoms with van der Waals surface area (Å²) in [7, 11) is 0. The molecule has 0 rings (SSSR count). The van der Waals surface area contributed by atoms with Gasteiger partial charge in [0.15, 0.2) is 0 Å². The lowest BCUT2D eigenvalue weighted by Crippen LogP contribution is -1.49. The van der Waals surface area contributed by atoms with Gasteiger partial charge in [-0.05, 0) is 0 Å². The molecule has 0 saturated heterocycles. The highest BCUT2D eigenvalue weighted by Gasteiger charge is 1.93. The van der Waals surface area contributed by atoms with Crippen LogP contribution < -0.4 is 0 Å². The fraction of sp³-hybridized carbons (Fsp3) is 0.500. The van der Waals surface area contributed by atoms with E-state index in [9.17, 15) is 13.2 Å². The second-order valence-corrected chi connectivity index (χ2v) is 0.714. The third kappa shape index (κ3) is 1890. The Hall–Kier alpha value is -0.210. The highest BCUT2D eigenvalue weighted by molar-refractivity contribution is 4.21. The van der Waals surface area contributed by atoms with Gasteiger partial charge in [-0.1, -0.05) is 20.3 Å². The largest absolute Gasteiger partial charge is 0.487 e. The molecular weight excluding hydrogens is 105 g/mol. The van der Waals surface area contributed by atoms with Gasteiger partial charge in [-0.15, -0.1) is 0 Å². The summed E-state index contributed by atoms with van der Waals surface area (Å²) < 4.78 is 28.8. The zero-order valence-electron chi connectivity index (χ0n) is 4.05. The summed E-state index contributed by atoms with van der Waals surface area (Å²) in [6.45, 7) is 2.42. The molecule has 3 heteroatoms. The van der Waals surface area contributed by atoms with E-state index < -0.39 is 6.68 Å². The summed E-state index contributed by atoms with van der Waals surface area (Å²) in [5, 5.41) is 0. The number of hydrogen-bond donors (Lipinski definition) is 0. The van der Waals surface area contributed by atoms with Gasteiger partial charge in [0.1, 0.15) is 0 Å². The van der Waals surface area contributed by atoms with Crippen LogP contribution in [0.3, 0.4) is 0 Å². The summed E-state index contributed by atoms with van der Waals surface area (Å²) in [5.41, 5.74) is 0. The van der Waals surface area contributed by atoms with Gasteiger partial charge >= 0.3 is 6.68 Å². The van der Waals surface area contributed by atoms with Crippen molar-refractivity contribution in [1.29, 1.82) is 0 Å². The molecule has 0 aliphatic heterocycles. The van der Waals surface area contributed by atoms with Crippen LogP contribution in [0, 0.1) is 13.6 Å². The average molecular weight is 112 g/mol. The fourth-order valence-electron chi connectivity index (χ4n) is 0. The molecule has 0 aromatic heterocycles. The van der Waals surface area contributed by atoms with Crippen LogP contribution >= 0.6 is 0 Å². The lowest BCUT2D eigenvalue weighted by atomic mass is 10.6. The molecule has 0 aromatic rings. The Bertz CT molecular complexity index is 18.1. The fourth-order valence-corrected chi connectivity index (χ4v) is 0. The Kier molecular flexibility index (Phi) is 13.1. The Morgan fingerprint density at radius 1 is 1.43 bits per heavy atom. The molecule has 0 atom stereocenters. The molecule has 0 bridgehead atoms. The minimum Gasteiger partial charge on any atom is -0.162 e. The minimum atomic E-state index is -3.08. The molecule has 0 aromatic carbocycles. The predicted molar refractivity (Wildman–Crippen MR) is 22.2 cm³/mol. The molecule has 0 aliphatic rings. The van der Waals surface area contributed by atoms with Gasteiger partial charge in [0.2, 0.25) is 0 Å². The molecule has 0 spiro atoms. The summed E-state index contributed by atoms with van der Waals surface area (Å²) in [4.78, 5) is 0. The molecule has 7 heavy (non-hydrogen) atoms. The van der Waals surface area contributed by atoms with Gasteiger partial charge in [-0.2, -0.15) is 13.2 Å². The van der Waals surface area contributed by atoms with Crippen molar-refractivity contribution < 1.29 is 13.2 Å². The SMILES string of the molecule is F[C](F)F.[CH2]CC. The van der Waals surface area contributed by atoms with E-state index in [0.29, 0.717) is 0 Å². The molecule has 0 N–H and O–H groups in total. The van der Waals surface area contributed by atoms with Gasteiger partial charge < -0.3 is 0 Å². The number of hydrogen-bond acceptors (Lipinski definition) is 0. The van der Waals surface area contributed by atoms with Crippen LogP contribution in [0.2, 0.25) is 0 Å². The standard InChI is InChI=1S/C3H7.CF3/c1-3-2;2-1(3)4/h1,3H2,2H3;. The van der Waals surface area contributed by atoms with E-state index in [1.165, 1.54) is 0 Å². The van der Waals surface area contributed by atoms with Gasteiger partial charge in [-0.3, -0.25) is 0 Å². The van der Waals surface area contributed by atoms with E-state index in [1.807, 2.05) is 6.92 Å². The maximum Gasteiger partial charge on any atom is 0.487 e. The maximum atomic E-state index is 9.58. The van der Waals surface area contributed by atoms with Crippen molar-refractivity contribution in [1.82, 2.24) is 0 Å². The van der Waals surface area contributed by atoms with Gasteiger partial charge in [0, 0.05) is 0 Å². The van der Waals surface area contributed by atoms with Crippen LogP contribution in [0.5, 0.6) is 0 Å². The maximum absolute atomic E-state index is 9.58. The topological polar surface area (TPSA) is 0 Å². The van der Waals surface area contributed by atoms with Crippen molar-refractivity contribution >= 4 is 0 Å². The molecule has 2 radical (unpaired) electrons. The van der Waals surface area contributed by atoms with E-state index in [1.54, 1.807) is 0 Å². The van der Waals surface area contributed by atoms with Crippen molar-refractivity contribution in [3.05, 3.63) is 13.6 Å². The van der Waals surface area contributed by atoms with E-state index >= 15 is 0 Å². The van der Waals surface area contributed by atoms with Gasteiger partial charge in [-0.25, -0.2) is 0 Å². The van der Waals surface area contributed by atoms with Crippen LogP contribution in [0.1, 0.15) is 13.3 Å². The predicted octanol–water partition coefficient (Wildman–Crippen LogP) is 2.57. The first-order valence-electron chi connectivity index (χ1n) is 1.77. The highest BCUT2D eigenvalue weighted by atomic mass is 19.4. The minimum absolute atomic E-state index is 1.00. The molecule has 0 aliphatic carbocycles. The van der Waals surface area contributed by atoms with Crippen LogP contribution in [0.4, 0.5) is 13.2 Å². The average Bonchev–Trinajstić information content (AvgIpc) is 1.33. The van der Waals surface area contributed by atoms with Gasteiger partial charge in [0.25, 0.3) is 0 Å². The summed E-state index contributed by atoms with van der Waals surface area (Å²) >= 11 is 0. The molecule has 44 valence electrons. The zero-order chi connectivity index (χ0) is 6.28. The first-order valence-corrected chi connectivity index (χ1v) is 1.77. The van der Waals surface area contributed by atoms with Crippen molar-refractivity contribution in [2.45, 2.75) is 13.3 Å². The van der Waals surface area contributed by atoms with E-state index in [4.69, 9.17) is 0 Å². The van der Waals surface area contributed by atoms with Gasteiger partial charge in [0.05, 0.1) is 0 Å². The second-order valence-electron chi connectivity index (χ2n) is 0.714. The Morgan fingerprint density at radius 3 is 1.43 bits per heavy atom. The molecule has 0 unspecified atom stereocenters. The number of halogens is 3. The second kappa shape index (κ2) is 9.25. The molecule has 0 nitrogen and oxygen atoms in total. The number of rotatable bonds is 0. The van der Waals surface area contributed by atoms with Crippen molar-refractivity contribution in [2.24, 2.45) is 0 Å². The third-order valence-corrected chi connectivity index (χ3v) is 0. The highest BCUT2D eigenvalue weighted by Crippen LogP contribution is 1.99. The van der Waals surface area contributed by atoms with Crippen LogP contribution in [0.25, 0.3) is 0 Å². The quantitative estimate of drug-likeness (QED) is 0.451. The summed E-state index contributed by atoms with van der Waals surface area (Å²) in [5.74, 6) is 0. The Labute approximate surface area is 41.3 Å². The molecule has 0 saturated carbocycles. The normalized spacial score (nSPS) is 7.71. The molecular formula is C4H7F3. The van der Waals surface area contributed by atoms with Crippen LogP contribution in [-0.2, 0) is 0 Å². The van der Waals surface area contributed by atoms with Crippen molar-refractivity contribution in [3.63, 3.8) is 0 Å². The van der Waals surface area contributed by atoms with E-state index in [2.05, 4.69) is 6.92 Å². The first kappa shape index (κ1) is 9.92. The monoisotopic (exact) mass is 112 g/mol. The zero-order valence-corrected chi connectivity index (χ0v) is 4.05. The first-order chi connectivity index (χ1) is 3.15. The van der Waals surface area contributed by atoms with Crippen molar-refractivity contribution in [2.75, 3.05) is 0 Å². The molecule has 0 amide bonds. The van der Waals surface area contributed by atoms with E-state index in [0.717, 1.165) is 6.42 Å². The van der Waals surface area contributed by atoms with Crippen molar-refractivity contribution in [3.8, 4) is 0 Å². The van der Waals surface area contributed by atoms with Crippen LogP contribution in [-0.4, -0.2) is 0 Å². The molecule has 0 fully saturated rings.